The summed E-state index contributed by atoms with van der Waals surface area (Å²) in [6.45, 7) is 4.94. The molecular formula is C12H18N2O3S. The number of carbonyl (C=O) groups is 2. The second kappa shape index (κ2) is 6.51. The molecule has 0 saturated carbocycles. The monoisotopic (exact) mass is 270 g/mol. The van der Waals surface area contributed by atoms with E-state index >= 15 is 0 Å². The van der Waals surface area contributed by atoms with E-state index in [1.807, 2.05) is 6.92 Å². The van der Waals surface area contributed by atoms with E-state index in [4.69, 9.17) is 0 Å². The van der Waals surface area contributed by atoms with E-state index in [2.05, 4.69) is 10.6 Å². The Labute approximate surface area is 110 Å². The predicted molar refractivity (Wildman–Crippen MR) is 71.8 cm³/mol. The first kappa shape index (κ1) is 14.7. The maximum Gasteiger partial charge on any atom is 0.261 e. The average molecular weight is 270 g/mol. The number of anilines is 1. The van der Waals surface area contributed by atoms with E-state index in [1.165, 1.54) is 18.3 Å². The van der Waals surface area contributed by atoms with Gasteiger partial charge >= 0.3 is 0 Å². The molecule has 1 aromatic heterocycles. The molecule has 0 aliphatic heterocycles. The Morgan fingerprint density at radius 2 is 2.06 bits per heavy atom. The maximum atomic E-state index is 11.8. The minimum absolute atomic E-state index is 0.0937. The zero-order valence-corrected chi connectivity index (χ0v) is 11.5. The number of carbonyl (C=O) groups excluding carboxylic acids is 2. The quantitative estimate of drug-likeness (QED) is 0.760. The normalized spacial score (nSPS) is 13.8. The van der Waals surface area contributed by atoms with Crippen LogP contribution in [-0.2, 0) is 4.79 Å². The van der Waals surface area contributed by atoms with Crippen molar-refractivity contribution in [3.05, 3.63) is 17.0 Å². The van der Waals surface area contributed by atoms with Crippen LogP contribution in [0.3, 0.4) is 0 Å². The van der Waals surface area contributed by atoms with Crippen LogP contribution in [0.4, 0.5) is 5.00 Å². The Morgan fingerprint density at radius 1 is 1.39 bits per heavy atom. The third-order valence-electron chi connectivity index (χ3n) is 2.20. The van der Waals surface area contributed by atoms with Crippen LogP contribution < -0.4 is 10.6 Å². The Hall–Kier alpha value is -1.40. The highest BCUT2D eigenvalue weighted by Gasteiger charge is 2.13. The summed E-state index contributed by atoms with van der Waals surface area (Å²) in [5.41, 5.74) is 0. The molecule has 0 fully saturated rings. The van der Waals surface area contributed by atoms with Crippen molar-refractivity contribution in [2.75, 3.05) is 5.32 Å². The van der Waals surface area contributed by atoms with E-state index in [-0.39, 0.29) is 17.9 Å². The van der Waals surface area contributed by atoms with Gasteiger partial charge in [-0.05, 0) is 32.4 Å². The SMILES string of the molecule is CC(=O)Nc1ccc(C(=O)NC(C)CC(C)O)s1. The molecule has 0 aromatic carbocycles. The van der Waals surface area contributed by atoms with Crippen LogP contribution in [0.25, 0.3) is 0 Å². The lowest BCUT2D eigenvalue weighted by atomic mass is 10.1. The van der Waals surface area contributed by atoms with Crippen molar-refractivity contribution in [1.29, 1.82) is 0 Å². The molecule has 2 unspecified atom stereocenters. The fourth-order valence-electron chi connectivity index (χ4n) is 1.57. The van der Waals surface area contributed by atoms with E-state index < -0.39 is 6.10 Å². The molecule has 0 spiro atoms. The summed E-state index contributed by atoms with van der Waals surface area (Å²) in [6, 6.07) is 3.27. The van der Waals surface area contributed by atoms with Gasteiger partial charge in [0.2, 0.25) is 5.91 Å². The standard InChI is InChI=1S/C12H18N2O3S/c1-7(6-8(2)15)13-12(17)10-4-5-11(18-10)14-9(3)16/h4-5,7-8,15H,6H2,1-3H3,(H,13,17)(H,14,16). The fraction of sp³-hybridized carbons (Fsp3) is 0.500. The third-order valence-corrected chi connectivity index (χ3v) is 3.20. The second-order valence-electron chi connectivity index (χ2n) is 4.30. The lowest BCUT2D eigenvalue weighted by Gasteiger charge is -2.14. The summed E-state index contributed by atoms with van der Waals surface area (Å²) < 4.78 is 0. The molecule has 3 N–H and O–H groups in total. The van der Waals surface area contributed by atoms with Crippen molar-refractivity contribution in [2.24, 2.45) is 0 Å². The highest BCUT2D eigenvalue weighted by Crippen LogP contribution is 2.21. The van der Waals surface area contributed by atoms with Crippen molar-refractivity contribution in [3.63, 3.8) is 0 Å². The molecule has 1 aromatic rings. The first-order chi connectivity index (χ1) is 8.38. The van der Waals surface area contributed by atoms with Crippen LogP contribution in [0.5, 0.6) is 0 Å². The van der Waals surface area contributed by atoms with Gasteiger partial charge in [0.25, 0.3) is 5.91 Å². The summed E-state index contributed by atoms with van der Waals surface area (Å²) in [5.74, 6) is -0.351. The summed E-state index contributed by atoms with van der Waals surface area (Å²) in [4.78, 5) is 23.2. The number of aliphatic hydroxyl groups is 1. The lowest BCUT2D eigenvalue weighted by Crippen LogP contribution is -2.34. The molecule has 0 saturated heterocycles. The molecule has 2 amide bonds. The van der Waals surface area contributed by atoms with Crippen molar-refractivity contribution in [1.82, 2.24) is 5.32 Å². The van der Waals surface area contributed by atoms with Gasteiger partial charge in [-0.25, -0.2) is 0 Å². The van der Waals surface area contributed by atoms with Crippen LogP contribution in [-0.4, -0.2) is 29.1 Å². The van der Waals surface area contributed by atoms with Crippen molar-refractivity contribution in [3.8, 4) is 0 Å². The van der Waals surface area contributed by atoms with Crippen LogP contribution in [0, 0.1) is 0 Å². The first-order valence-corrected chi connectivity index (χ1v) is 6.56. The van der Waals surface area contributed by atoms with E-state index in [9.17, 15) is 14.7 Å². The highest BCUT2D eigenvalue weighted by molar-refractivity contribution is 7.18. The summed E-state index contributed by atoms with van der Waals surface area (Å²) in [5, 5.41) is 15.3. The molecule has 1 heterocycles. The molecule has 0 aliphatic rings. The third kappa shape index (κ3) is 4.85. The van der Waals surface area contributed by atoms with Gasteiger partial charge in [0.05, 0.1) is 16.0 Å². The number of hydrogen-bond acceptors (Lipinski definition) is 4. The number of thiophene rings is 1. The van der Waals surface area contributed by atoms with Crippen LogP contribution in [0.1, 0.15) is 36.9 Å². The smallest absolute Gasteiger partial charge is 0.261 e. The molecule has 0 bridgehead atoms. The van der Waals surface area contributed by atoms with Crippen molar-refractivity contribution in [2.45, 2.75) is 39.3 Å². The van der Waals surface area contributed by atoms with E-state index in [0.29, 0.717) is 16.3 Å². The van der Waals surface area contributed by atoms with Gasteiger partial charge in [-0.2, -0.15) is 0 Å². The Morgan fingerprint density at radius 3 is 2.61 bits per heavy atom. The van der Waals surface area contributed by atoms with Gasteiger partial charge in [0, 0.05) is 13.0 Å². The molecule has 5 nitrogen and oxygen atoms in total. The van der Waals surface area contributed by atoms with Gasteiger partial charge in [0.1, 0.15) is 0 Å². The highest BCUT2D eigenvalue weighted by atomic mass is 32.1. The minimum Gasteiger partial charge on any atom is -0.393 e. The predicted octanol–water partition coefficient (Wildman–Crippen LogP) is 1.60. The molecule has 0 radical (unpaired) electrons. The largest absolute Gasteiger partial charge is 0.393 e. The van der Waals surface area contributed by atoms with Crippen LogP contribution >= 0.6 is 11.3 Å². The number of hydrogen-bond donors (Lipinski definition) is 3. The number of rotatable bonds is 5. The zero-order chi connectivity index (χ0) is 13.7. The van der Waals surface area contributed by atoms with Crippen molar-refractivity contribution >= 4 is 28.2 Å². The van der Waals surface area contributed by atoms with E-state index in [0.717, 1.165) is 0 Å². The molecule has 6 heteroatoms. The maximum absolute atomic E-state index is 11.8. The topological polar surface area (TPSA) is 78.4 Å². The number of nitrogens with one attached hydrogen (secondary N) is 2. The zero-order valence-electron chi connectivity index (χ0n) is 10.7. The van der Waals surface area contributed by atoms with Gasteiger partial charge < -0.3 is 15.7 Å². The first-order valence-electron chi connectivity index (χ1n) is 5.75. The number of amides is 2. The molecule has 1 rings (SSSR count). The summed E-state index contributed by atoms with van der Waals surface area (Å²) in [6.07, 6.45) is 0.0638. The van der Waals surface area contributed by atoms with E-state index in [1.54, 1.807) is 19.1 Å². The molecular weight excluding hydrogens is 252 g/mol. The van der Waals surface area contributed by atoms with Gasteiger partial charge in [0.15, 0.2) is 0 Å². The summed E-state index contributed by atoms with van der Waals surface area (Å²) in [7, 11) is 0. The molecule has 0 aliphatic carbocycles. The molecule has 100 valence electrons. The van der Waals surface area contributed by atoms with Gasteiger partial charge in [-0.15, -0.1) is 11.3 Å². The minimum atomic E-state index is -0.446. The Balaban J connectivity index is 2.56. The average Bonchev–Trinajstić information content (AvgIpc) is 2.63. The van der Waals surface area contributed by atoms with Gasteiger partial charge in [-0.1, -0.05) is 0 Å². The summed E-state index contributed by atoms with van der Waals surface area (Å²) >= 11 is 1.22. The molecule has 18 heavy (non-hydrogen) atoms. The fourth-order valence-corrected chi connectivity index (χ4v) is 2.42. The van der Waals surface area contributed by atoms with Gasteiger partial charge in [-0.3, -0.25) is 9.59 Å². The number of aliphatic hydroxyl groups excluding tert-OH is 1. The van der Waals surface area contributed by atoms with Crippen molar-refractivity contribution < 1.29 is 14.7 Å². The Kier molecular flexibility index (Phi) is 5.30. The van der Waals surface area contributed by atoms with Crippen LogP contribution in [0.15, 0.2) is 12.1 Å². The second-order valence-corrected chi connectivity index (χ2v) is 5.39. The molecule has 2 atom stereocenters. The Bertz CT molecular complexity index is 429. The lowest BCUT2D eigenvalue weighted by molar-refractivity contribution is -0.114. The van der Waals surface area contributed by atoms with Crippen LogP contribution in [0.2, 0.25) is 0 Å².